The molecule has 2 bridgehead atoms. The molecule has 0 saturated carbocycles. The minimum Gasteiger partial charge on any atom is -0.344 e. The molecule has 2 amide bonds. The van der Waals surface area contributed by atoms with Gasteiger partial charge in [0.25, 0.3) is 0 Å². The number of benzene rings is 2. The number of carbonyl (C=O) groups excluding carboxylic acids is 2. The number of amides is 2. The number of carbonyl (C=O) groups is 2. The molecule has 0 radical (unpaired) electrons. The topological polar surface area (TPSA) is 115 Å². The molecule has 4 aromatic rings. The van der Waals surface area contributed by atoms with E-state index in [0.717, 1.165) is 5.56 Å². The number of aromatic nitrogens is 5. The average molecular weight is 532 g/mol. The Morgan fingerprint density at radius 2 is 2.05 bits per heavy atom. The van der Waals surface area contributed by atoms with Gasteiger partial charge < -0.3 is 10.6 Å². The lowest BCUT2D eigenvalue weighted by Crippen LogP contribution is -2.27. The second-order valence-electron chi connectivity index (χ2n) is 8.81. The van der Waals surface area contributed by atoms with Crippen molar-refractivity contribution in [2.75, 3.05) is 5.32 Å². The van der Waals surface area contributed by atoms with E-state index in [4.69, 9.17) is 11.6 Å². The summed E-state index contributed by atoms with van der Waals surface area (Å²) in [6.45, 7) is 0. The molecule has 1 atom stereocenters. The molecule has 2 aromatic carbocycles. The van der Waals surface area contributed by atoms with Gasteiger partial charge in [0.2, 0.25) is 11.8 Å². The Morgan fingerprint density at radius 3 is 2.89 bits per heavy atom. The van der Waals surface area contributed by atoms with E-state index < -0.39 is 11.9 Å². The third kappa shape index (κ3) is 5.92. The summed E-state index contributed by atoms with van der Waals surface area (Å²) in [4.78, 5) is 30.0. The highest BCUT2D eigenvalue weighted by Gasteiger charge is 2.19. The van der Waals surface area contributed by atoms with Gasteiger partial charge in [0.15, 0.2) is 0 Å². The normalized spacial score (nSPS) is 15.7. The van der Waals surface area contributed by atoms with Gasteiger partial charge in [-0.1, -0.05) is 18.0 Å². The Kier molecular flexibility index (Phi) is 7.50. The number of nitrogens with one attached hydrogen (secondary N) is 2. The fourth-order valence-corrected chi connectivity index (χ4v) is 4.52. The van der Waals surface area contributed by atoms with Crippen molar-refractivity contribution in [2.24, 2.45) is 0 Å². The van der Waals surface area contributed by atoms with Gasteiger partial charge in [-0.2, -0.15) is 4.68 Å². The Bertz CT molecular complexity index is 1510. The van der Waals surface area contributed by atoms with E-state index in [1.807, 2.05) is 6.07 Å². The maximum absolute atomic E-state index is 13.9. The van der Waals surface area contributed by atoms with Crippen molar-refractivity contribution >= 4 is 35.2 Å². The standard InChI is InChI=1S/C27H23ClFN7O2/c28-19-6-9-25(36-16-31-34-35-36)18(13-19)5-10-27(38)32-22-3-1-2-4-26(37)33-23-15-20(29)7-8-21(23)17-11-12-30-24(22)14-17/h5-16,22H,1-4H2,(H,32,38)(H,33,37)/t22-/m0/s1. The van der Waals surface area contributed by atoms with Crippen LogP contribution in [-0.4, -0.2) is 37.0 Å². The first-order valence-corrected chi connectivity index (χ1v) is 12.4. The van der Waals surface area contributed by atoms with E-state index >= 15 is 0 Å². The molecule has 38 heavy (non-hydrogen) atoms. The molecule has 5 rings (SSSR count). The second-order valence-corrected chi connectivity index (χ2v) is 9.24. The average Bonchev–Trinajstić information content (AvgIpc) is 3.44. The van der Waals surface area contributed by atoms with Crippen LogP contribution in [0.5, 0.6) is 0 Å². The van der Waals surface area contributed by atoms with Crippen LogP contribution in [-0.2, 0) is 9.59 Å². The van der Waals surface area contributed by atoms with Crippen LogP contribution in [0.4, 0.5) is 10.1 Å². The summed E-state index contributed by atoms with van der Waals surface area (Å²) < 4.78 is 15.4. The highest BCUT2D eigenvalue weighted by molar-refractivity contribution is 6.30. The lowest BCUT2D eigenvalue weighted by Gasteiger charge is -2.20. The van der Waals surface area contributed by atoms with E-state index in [1.54, 1.807) is 42.6 Å². The van der Waals surface area contributed by atoms with Gasteiger partial charge in [-0.25, -0.2) is 4.39 Å². The number of tetrazole rings is 1. The molecule has 1 aliphatic heterocycles. The van der Waals surface area contributed by atoms with Crippen LogP contribution in [0.3, 0.4) is 0 Å². The number of nitrogens with zero attached hydrogens (tertiary/aromatic N) is 5. The molecule has 192 valence electrons. The number of rotatable bonds is 4. The lowest BCUT2D eigenvalue weighted by atomic mass is 9.98. The number of hydrogen-bond acceptors (Lipinski definition) is 6. The van der Waals surface area contributed by atoms with Crippen molar-refractivity contribution in [2.45, 2.75) is 31.7 Å². The van der Waals surface area contributed by atoms with Crippen LogP contribution in [0.25, 0.3) is 22.9 Å². The Hall–Kier alpha value is -4.44. The number of fused-ring (bicyclic) bond motifs is 4. The first-order valence-electron chi connectivity index (χ1n) is 12.0. The van der Waals surface area contributed by atoms with Gasteiger partial charge in [0.05, 0.1) is 23.1 Å². The summed E-state index contributed by atoms with van der Waals surface area (Å²) in [5, 5.41) is 17.6. The number of hydrogen-bond donors (Lipinski definition) is 2. The summed E-state index contributed by atoms with van der Waals surface area (Å²) in [5.74, 6) is -0.947. The molecular formula is C27H23ClFN7O2. The largest absolute Gasteiger partial charge is 0.344 e. The molecule has 2 aromatic heterocycles. The summed E-state index contributed by atoms with van der Waals surface area (Å²) in [5.41, 5.74) is 3.82. The molecule has 0 saturated heterocycles. The molecule has 2 N–H and O–H groups in total. The van der Waals surface area contributed by atoms with E-state index in [9.17, 15) is 14.0 Å². The smallest absolute Gasteiger partial charge is 0.244 e. The summed E-state index contributed by atoms with van der Waals surface area (Å²) in [6, 6.07) is 12.7. The van der Waals surface area contributed by atoms with Gasteiger partial charge in [-0.15, -0.1) is 5.10 Å². The van der Waals surface area contributed by atoms with E-state index in [-0.39, 0.29) is 18.2 Å². The zero-order valence-electron chi connectivity index (χ0n) is 20.1. The van der Waals surface area contributed by atoms with Crippen molar-refractivity contribution in [3.05, 3.63) is 89.2 Å². The van der Waals surface area contributed by atoms with Gasteiger partial charge in [0.1, 0.15) is 12.1 Å². The quantitative estimate of drug-likeness (QED) is 0.362. The van der Waals surface area contributed by atoms with Gasteiger partial charge >= 0.3 is 0 Å². The van der Waals surface area contributed by atoms with Crippen molar-refractivity contribution in [3.63, 3.8) is 0 Å². The predicted octanol–water partition coefficient (Wildman–Crippen LogP) is 4.90. The van der Waals surface area contributed by atoms with Crippen LogP contribution < -0.4 is 10.6 Å². The molecule has 0 fully saturated rings. The molecule has 0 spiro atoms. The number of halogens is 2. The summed E-state index contributed by atoms with van der Waals surface area (Å²) in [6.07, 6.45) is 8.33. The van der Waals surface area contributed by atoms with E-state index in [1.165, 1.54) is 29.2 Å². The summed E-state index contributed by atoms with van der Waals surface area (Å²) >= 11 is 6.18. The third-order valence-corrected chi connectivity index (χ3v) is 6.40. The van der Waals surface area contributed by atoms with Gasteiger partial charge in [-0.3, -0.25) is 14.6 Å². The molecule has 11 heteroatoms. The van der Waals surface area contributed by atoms with Gasteiger partial charge in [0, 0.05) is 34.8 Å². The Labute approximate surface area is 222 Å². The van der Waals surface area contributed by atoms with Crippen LogP contribution in [0.2, 0.25) is 5.02 Å². The zero-order chi connectivity index (χ0) is 26.5. The molecule has 0 aliphatic carbocycles. The minimum absolute atomic E-state index is 0.185. The highest BCUT2D eigenvalue weighted by atomic mass is 35.5. The lowest BCUT2D eigenvalue weighted by molar-refractivity contribution is -0.118. The predicted molar refractivity (Wildman–Crippen MR) is 141 cm³/mol. The van der Waals surface area contributed by atoms with Crippen molar-refractivity contribution in [3.8, 4) is 16.8 Å². The number of pyridine rings is 1. The monoisotopic (exact) mass is 531 g/mol. The molecule has 1 aliphatic rings. The van der Waals surface area contributed by atoms with Crippen molar-refractivity contribution < 1.29 is 14.0 Å². The fraction of sp³-hybridized carbons (Fsp3) is 0.185. The van der Waals surface area contributed by atoms with Crippen molar-refractivity contribution in [1.82, 2.24) is 30.5 Å². The second kappa shape index (κ2) is 11.3. The molecular weight excluding hydrogens is 509 g/mol. The molecule has 3 heterocycles. The van der Waals surface area contributed by atoms with Gasteiger partial charge in [-0.05, 0) is 83.4 Å². The maximum Gasteiger partial charge on any atom is 0.244 e. The number of anilines is 1. The summed E-state index contributed by atoms with van der Waals surface area (Å²) in [7, 11) is 0. The minimum atomic E-state index is -0.440. The first kappa shape index (κ1) is 25.2. The molecule has 9 nitrogen and oxygen atoms in total. The van der Waals surface area contributed by atoms with E-state index in [2.05, 4.69) is 31.1 Å². The van der Waals surface area contributed by atoms with Crippen LogP contribution in [0.1, 0.15) is 43.0 Å². The highest BCUT2D eigenvalue weighted by Crippen LogP contribution is 2.32. The van der Waals surface area contributed by atoms with Crippen LogP contribution in [0, 0.1) is 5.82 Å². The third-order valence-electron chi connectivity index (χ3n) is 6.17. The maximum atomic E-state index is 13.9. The van der Waals surface area contributed by atoms with Crippen LogP contribution >= 0.6 is 11.6 Å². The Morgan fingerprint density at radius 1 is 1.16 bits per heavy atom. The van der Waals surface area contributed by atoms with E-state index in [0.29, 0.717) is 52.5 Å². The molecule has 0 unspecified atom stereocenters. The SMILES string of the molecule is O=C(C=Cc1cc(Cl)ccc1-n1cnnn1)N[C@H]1CCCCC(=O)Nc2cc(F)ccc2-c2ccnc1c2. The Balaban J connectivity index is 1.42. The first-order chi connectivity index (χ1) is 18.5. The van der Waals surface area contributed by atoms with Crippen LogP contribution in [0.15, 0.2) is 67.1 Å². The fourth-order valence-electron chi connectivity index (χ4n) is 4.34. The zero-order valence-corrected chi connectivity index (χ0v) is 20.9. The van der Waals surface area contributed by atoms with Crippen molar-refractivity contribution in [1.29, 1.82) is 0 Å².